The fourth-order valence-corrected chi connectivity index (χ4v) is 6.95. The predicted octanol–water partition coefficient (Wildman–Crippen LogP) is 3.12. The molecule has 206 valence electrons. The smallest absolute Gasteiger partial charge is 0.303 e. The second-order valence-corrected chi connectivity index (χ2v) is 11.0. The first-order valence-electron chi connectivity index (χ1n) is 12.9. The average molecular weight is 521 g/mol. The largest absolute Gasteiger partial charge is 0.481 e. The Bertz CT molecular complexity index is 992. The average Bonchev–Trinajstić information content (AvgIpc) is 3.08. The number of ketones is 3. The molecular formula is C28H40O9. The maximum absolute atomic E-state index is 13.3. The van der Waals surface area contributed by atoms with E-state index in [4.69, 9.17) is 15.0 Å². The zero-order valence-corrected chi connectivity index (χ0v) is 22.2. The molecular weight excluding hydrogens is 480 g/mol. The van der Waals surface area contributed by atoms with Crippen molar-refractivity contribution in [2.75, 3.05) is 6.61 Å². The third kappa shape index (κ3) is 5.93. The lowest BCUT2D eigenvalue weighted by Gasteiger charge is -2.56. The van der Waals surface area contributed by atoms with Crippen LogP contribution in [0.25, 0.3) is 0 Å². The Balaban J connectivity index is 0.000000371. The standard InChI is InChI=1S/C21H26O5.C5H10O2.C2H4O2/c1-19-7-5-13(23)9-12(19)3-4-14-15-6-8-21(26,17(25)11-22)20(15,2)10-16(24)18(14)19;1-2-3-4-5(6)7;1-2(3)4/h5,7,9,14-15,18,22,26H,3-4,6,8,10-11H2,1-2H3;2-4H2,1H3,(H,6,7);1H3,(H,3,4)/t14-,15-,18+,19-,20-,21-;;/m0../s1. The van der Waals surface area contributed by atoms with Gasteiger partial charge in [-0.25, -0.2) is 0 Å². The molecule has 0 radical (unpaired) electrons. The Labute approximate surface area is 217 Å². The lowest BCUT2D eigenvalue weighted by atomic mass is 9.46. The number of aliphatic hydroxyl groups is 2. The van der Waals surface area contributed by atoms with Gasteiger partial charge in [-0.1, -0.05) is 38.8 Å². The summed E-state index contributed by atoms with van der Waals surface area (Å²) in [5.41, 5.74) is -1.86. The molecule has 0 amide bonds. The number of carboxylic acids is 2. The van der Waals surface area contributed by atoms with Crippen LogP contribution in [-0.4, -0.2) is 61.9 Å². The van der Waals surface area contributed by atoms with Crippen molar-refractivity contribution in [1.29, 1.82) is 0 Å². The minimum atomic E-state index is -1.62. The molecule has 0 unspecified atom stereocenters. The maximum Gasteiger partial charge on any atom is 0.303 e. The molecule has 4 N–H and O–H groups in total. The fourth-order valence-electron chi connectivity index (χ4n) is 6.95. The second kappa shape index (κ2) is 11.8. The Morgan fingerprint density at radius 1 is 1.11 bits per heavy atom. The first kappa shape index (κ1) is 30.6. The highest BCUT2D eigenvalue weighted by atomic mass is 16.4. The van der Waals surface area contributed by atoms with Gasteiger partial charge in [-0.05, 0) is 56.1 Å². The van der Waals surface area contributed by atoms with E-state index in [0.717, 1.165) is 38.2 Å². The number of allylic oxidation sites excluding steroid dienone is 4. The van der Waals surface area contributed by atoms with Gasteiger partial charge in [-0.2, -0.15) is 0 Å². The lowest BCUT2D eigenvalue weighted by molar-refractivity contribution is -0.168. The zero-order valence-electron chi connectivity index (χ0n) is 22.2. The van der Waals surface area contributed by atoms with Crippen LogP contribution in [0.1, 0.15) is 79.1 Å². The van der Waals surface area contributed by atoms with E-state index in [1.807, 2.05) is 26.8 Å². The van der Waals surface area contributed by atoms with Gasteiger partial charge >= 0.3 is 5.97 Å². The van der Waals surface area contributed by atoms with Gasteiger partial charge in [0, 0.05) is 36.5 Å². The first-order valence-corrected chi connectivity index (χ1v) is 12.9. The number of hydrogen-bond donors (Lipinski definition) is 4. The molecule has 3 saturated carbocycles. The summed E-state index contributed by atoms with van der Waals surface area (Å²) in [7, 11) is 0. The molecule has 4 rings (SSSR count). The van der Waals surface area contributed by atoms with Crippen LogP contribution in [0.3, 0.4) is 0 Å². The molecule has 0 saturated heterocycles. The van der Waals surface area contributed by atoms with E-state index in [-0.39, 0.29) is 35.7 Å². The molecule has 4 aliphatic carbocycles. The number of carbonyl (C=O) groups is 5. The number of unbranched alkanes of at least 4 members (excludes halogenated alkanes) is 1. The van der Waals surface area contributed by atoms with E-state index in [0.29, 0.717) is 19.3 Å². The Morgan fingerprint density at radius 2 is 1.73 bits per heavy atom. The van der Waals surface area contributed by atoms with Crippen LogP contribution in [-0.2, 0) is 24.0 Å². The second-order valence-electron chi connectivity index (χ2n) is 11.0. The van der Waals surface area contributed by atoms with Crippen LogP contribution in [0.15, 0.2) is 23.8 Å². The van der Waals surface area contributed by atoms with E-state index in [2.05, 4.69) is 0 Å². The molecule has 0 heterocycles. The van der Waals surface area contributed by atoms with Crippen molar-refractivity contribution in [3.63, 3.8) is 0 Å². The monoisotopic (exact) mass is 520 g/mol. The number of Topliss-reactive ketones (excluding diaryl/α,β-unsaturated/α-hetero) is 2. The molecule has 0 aromatic carbocycles. The Morgan fingerprint density at radius 3 is 2.24 bits per heavy atom. The van der Waals surface area contributed by atoms with Crippen LogP contribution in [0, 0.1) is 28.6 Å². The number of hydrogen-bond acceptors (Lipinski definition) is 7. The topological polar surface area (TPSA) is 166 Å². The molecule has 0 spiro atoms. The quantitative estimate of drug-likeness (QED) is 0.426. The van der Waals surface area contributed by atoms with E-state index in [9.17, 15) is 29.4 Å². The minimum Gasteiger partial charge on any atom is -0.481 e. The number of aliphatic hydroxyl groups excluding tert-OH is 1. The third-order valence-electron chi connectivity index (χ3n) is 8.76. The molecule has 0 aromatic rings. The molecule has 6 atom stereocenters. The van der Waals surface area contributed by atoms with Gasteiger partial charge in [-0.15, -0.1) is 0 Å². The molecule has 9 heteroatoms. The maximum atomic E-state index is 13.3. The molecule has 3 fully saturated rings. The van der Waals surface area contributed by atoms with Crippen molar-refractivity contribution in [3.05, 3.63) is 23.8 Å². The summed E-state index contributed by atoms with van der Waals surface area (Å²) in [4.78, 5) is 56.2. The van der Waals surface area contributed by atoms with Gasteiger partial charge in [0.1, 0.15) is 18.0 Å². The SMILES string of the molecule is CC(=O)O.CCCCC(=O)O.C[C@]12C=CC(=O)C=C1CC[C@@H]1[C@@H]2C(=O)C[C@@]2(C)[C@H]1CC[C@]2(O)C(=O)CO. The molecule has 0 aromatic heterocycles. The first-order chi connectivity index (χ1) is 17.2. The zero-order chi connectivity index (χ0) is 28.2. The normalized spacial score (nSPS) is 35.4. The Hall–Kier alpha value is -2.65. The summed E-state index contributed by atoms with van der Waals surface area (Å²) in [5, 5.41) is 35.9. The highest BCUT2D eigenvalue weighted by Crippen LogP contribution is 2.66. The van der Waals surface area contributed by atoms with E-state index in [1.54, 1.807) is 12.2 Å². The van der Waals surface area contributed by atoms with Crippen molar-refractivity contribution in [2.24, 2.45) is 28.6 Å². The summed E-state index contributed by atoms with van der Waals surface area (Å²) < 4.78 is 0. The van der Waals surface area contributed by atoms with E-state index in [1.165, 1.54) is 0 Å². The van der Waals surface area contributed by atoms with Gasteiger partial charge in [0.25, 0.3) is 5.97 Å². The number of carboxylic acid groups (broad SMARTS) is 2. The van der Waals surface area contributed by atoms with E-state index >= 15 is 0 Å². The van der Waals surface area contributed by atoms with Crippen molar-refractivity contribution in [1.82, 2.24) is 0 Å². The summed E-state index contributed by atoms with van der Waals surface area (Å²) in [6.07, 6.45) is 9.90. The van der Waals surface area contributed by atoms with Crippen molar-refractivity contribution >= 4 is 29.3 Å². The summed E-state index contributed by atoms with van der Waals surface area (Å²) >= 11 is 0. The van der Waals surface area contributed by atoms with Crippen LogP contribution in [0.5, 0.6) is 0 Å². The van der Waals surface area contributed by atoms with Crippen LogP contribution in [0.4, 0.5) is 0 Å². The van der Waals surface area contributed by atoms with Crippen molar-refractivity contribution in [2.45, 2.75) is 84.7 Å². The third-order valence-corrected chi connectivity index (χ3v) is 8.76. The van der Waals surface area contributed by atoms with Gasteiger partial charge in [-0.3, -0.25) is 24.0 Å². The highest BCUT2D eigenvalue weighted by molar-refractivity contribution is 6.02. The van der Waals surface area contributed by atoms with Gasteiger partial charge in [0.05, 0.1) is 0 Å². The summed E-state index contributed by atoms with van der Waals surface area (Å²) in [5.74, 6) is -2.12. The van der Waals surface area contributed by atoms with Crippen LogP contribution in [0.2, 0.25) is 0 Å². The van der Waals surface area contributed by atoms with Gasteiger partial charge in [0.15, 0.2) is 11.6 Å². The van der Waals surface area contributed by atoms with Gasteiger partial charge in [0.2, 0.25) is 0 Å². The number of rotatable bonds is 5. The molecule has 0 aliphatic heterocycles. The van der Waals surface area contributed by atoms with Crippen LogP contribution >= 0.6 is 0 Å². The lowest BCUT2D eigenvalue weighted by Crippen LogP contribution is -2.60. The van der Waals surface area contributed by atoms with Gasteiger partial charge < -0.3 is 20.4 Å². The van der Waals surface area contributed by atoms with Crippen molar-refractivity contribution in [3.8, 4) is 0 Å². The molecule has 9 nitrogen and oxygen atoms in total. The molecule has 4 aliphatic rings. The predicted molar refractivity (Wildman–Crippen MR) is 135 cm³/mol. The number of fused-ring (bicyclic) bond motifs is 5. The highest BCUT2D eigenvalue weighted by Gasteiger charge is 2.68. The minimum absolute atomic E-state index is 0.0206. The molecule has 0 bridgehead atoms. The number of aliphatic carboxylic acids is 2. The Kier molecular flexibility index (Phi) is 9.76. The van der Waals surface area contributed by atoms with Crippen LogP contribution < -0.4 is 0 Å². The summed E-state index contributed by atoms with van der Waals surface area (Å²) in [6.45, 7) is 6.25. The van der Waals surface area contributed by atoms with E-state index < -0.39 is 40.8 Å². The van der Waals surface area contributed by atoms with Crippen molar-refractivity contribution < 1.29 is 44.4 Å². The molecule has 37 heavy (non-hydrogen) atoms. The summed E-state index contributed by atoms with van der Waals surface area (Å²) in [6, 6.07) is 0. The number of carbonyl (C=O) groups excluding carboxylic acids is 3. The fraction of sp³-hybridized carbons (Fsp3) is 0.679.